The molecule has 4 rings (SSSR count). The van der Waals surface area contributed by atoms with Gasteiger partial charge in [0, 0.05) is 18.4 Å². The normalized spacial score (nSPS) is 26.8. The van der Waals surface area contributed by atoms with Crippen LogP contribution in [0.3, 0.4) is 0 Å². The molecule has 1 spiro atoms. The first kappa shape index (κ1) is 17.2. The first-order chi connectivity index (χ1) is 10.8. The maximum absolute atomic E-state index is 5.96. The second-order valence-electron chi connectivity index (χ2n) is 7.05. The molecule has 2 heterocycles. The largest absolute Gasteiger partial charge is 0.348 e. The van der Waals surface area contributed by atoms with E-state index in [0.717, 1.165) is 38.9 Å². The maximum Gasteiger partial charge on any atom is 0.168 e. The van der Waals surface area contributed by atoms with Crippen LogP contribution in [0.4, 0.5) is 0 Å². The Labute approximate surface area is 145 Å². The summed E-state index contributed by atoms with van der Waals surface area (Å²) in [4.78, 5) is 2.76. The lowest BCUT2D eigenvalue weighted by Gasteiger charge is -2.51. The predicted molar refractivity (Wildman–Crippen MR) is 93.9 cm³/mol. The zero-order valence-electron chi connectivity index (χ0n) is 13.8. The zero-order valence-corrected chi connectivity index (χ0v) is 14.7. The van der Waals surface area contributed by atoms with Gasteiger partial charge in [-0.3, -0.25) is 4.90 Å². The number of likely N-dealkylation sites (tertiary alicyclic amines) is 1. The molecule has 1 aliphatic carbocycles. The summed E-state index contributed by atoms with van der Waals surface area (Å²) in [5, 5.41) is 0. The molecule has 0 unspecified atom stereocenters. The van der Waals surface area contributed by atoms with Crippen molar-refractivity contribution in [2.24, 2.45) is 0 Å². The third-order valence-electron chi connectivity index (χ3n) is 5.93. The standard InChI is InChI=1S/C19H27NO2.ClH/c1-3-7-17(8-4-1)18(20-13-5-2-6-14-20)9-11-19(12-10-18)21-15-16-22-19;/h1,3-4,7-8H,2,5-6,9-16H2;1H. The van der Waals surface area contributed by atoms with Crippen LogP contribution >= 0.6 is 12.4 Å². The van der Waals surface area contributed by atoms with Gasteiger partial charge in [-0.1, -0.05) is 36.8 Å². The summed E-state index contributed by atoms with van der Waals surface area (Å²) in [6, 6.07) is 11.1. The molecule has 0 aromatic heterocycles. The lowest BCUT2D eigenvalue weighted by atomic mass is 9.72. The van der Waals surface area contributed by atoms with Crippen LogP contribution in [0.2, 0.25) is 0 Å². The van der Waals surface area contributed by atoms with Crippen molar-refractivity contribution in [1.82, 2.24) is 4.90 Å². The fourth-order valence-corrected chi connectivity index (χ4v) is 4.69. The molecule has 0 bridgehead atoms. The molecule has 3 fully saturated rings. The van der Waals surface area contributed by atoms with Crippen molar-refractivity contribution >= 4 is 12.4 Å². The number of piperidine rings is 1. The van der Waals surface area contributed by atoms with E-state index < -0.39 is 0 Å². The number of halogens is 1. The second-order valence-corrected chi connectivity index (χ2v) is 7.05. The van der Waals surface area contributed by atoms with Crippen LogP contribution in [-0.2, 0) is 15.0 Å². The van der Waals surface area contributed by atoms with Crippen LogP contribution in [0.1, 0.15) is 50.5 Å². The number of rotatable bonds is 2. The summed E-state index contributed by atoms with van der Waals surface area (Å²) in [6.07, 6.45) is 8.42. The van der Waals surface area contributed by atoms with Gasteiger partial charge >= 0.3 is 0 Å². The molecule has 3 aliphatic rings. The third-order valence-corrected chi connectivity index (χ3v) is 5.93. The van der Waals surface area contributed by atoms with Crippen LogP contribution in [0.25, 0.3) is 0 Å². The summed E-state index contributed by atoms with van der Waals surface area (Å²) >= 11 is 0. The molecule has 2 aliphatic heterocycles. The summed E-state index contributed by atoms with van der Waals surface area (Å²) in [6.45, 7) is 4.01. The Bertz CT molecular complexity index is 485. The van der Waals surface area contributed by atoms with E-state index in [1.807, 2.05) is 0 Å². The van der Waals surface area contributed by atoms with Crippen LogP contribution in [0.15, 0.2) is 30.3 Å². The van der Waals surface area contributed by atoms with Crippen molar-refractivity contribution in [2.75, 3.05) is 26.3 Å². The van der Waals surface area contributed by atoms with Crippen LogP contribution in [-0.4, -0.2) is 37.0 Å². The zero-order chi connectivity index (χ0) is 14.9. The number of hydrogen-bond acceptors (Lipinski definition) is 3. The summed E-state index contributed by atoms with van der Waals surface area (Å²) in [5.74, 6) is -0.270. The van der Waals surface area contributed by atoms with Crippen molar-refractivity contribution in [3.05, 3.63) is 35.9 Å². The molecule has 1 aromatic carbocycles. The summed E-state index contributed by atoms with van der Waals surface area (Å²) < 4.78 is 11.9. The van der Waals surface area contributed by atoms with E-state index >= 15 is 0 Å². The quantitative estimate of drug-likeness (QED) is 0.810. The SMILES string of the molecule is Cl.c1ccc(C2(N3CCCCC3)CCC3(CC2)OCCO3)cc1. The van der Waals surface area contributed by atoms with Gasteiger partial charge in [-0.25, -0.2) is 0 Å². The Hall–Kier alpha value is -0.610. The van der Waals surface area contributed by atoms with E-state index in [1.165, 1.54) is 37.9 Å². The lowest BCUT2D eigenvalue weighted by Crippen LogP contribution is -2.53. The van der Waals surface area contributed by atoms with Gasteiger partial charge in [0.25, 0.3) is 0 Å². The molecule has 0 atom stereocenters. The van der Waals surface area contributed by atoms with Gasteiger partial charge in [-0.05, 0) is 44.3 Å². The molecule has 2 saturated heterocycles. The van der Waals surface area contributed by atoms with Crippen molar-refractivity contribution < 1.29 is 9.47 Å². The number of benzene rings is 1. The van der Waals surface area contributed by atoms with Crippen molar-refractivity contribution in [2.45, 2.75) is 56.3 Å². The molecule has 3 nitrogen and oxygen atoms in total. The van der Waals surface area contributed by atoms with Crippen LogP contribution in [0.5, 0.6) is 0 Å². The van der Waals surface area contributed by atoms with E-state index in [-0.39, 0.29) is 23.7 Å². The molecular formula is C19H28ClNO2. The van der Waals surface area contributed by atoms with Crippen molar-refractivity contribution in [1.29, 1.82) is 0 Å². The van der Waals surface area contributed by atoms with Gasteiger partial charge in [0.05, 0.1) is 13.2 Å². The Balaban J connectivity index is 0.00000156. The van der Waals surface area contributed by atoms with E-state index in [1.54, 1.807) is 0 Å². The molecule has 128 valence electrons. The van der Waals surface area contributed by atoms with Crippen LogP contribution < -0.4 is 0 Å². The average molecular weight is 338 g/mol. The first-order valence-electron chi connectivity index (χ1n) is 8.92. The topological polar surface area (TPSA) is 21.7 Å². The number of ether oxygens (including phenoxy) is 2. The minimum absolute atomic E-state index is 0. The van der Waals surface area contributed by atoms with Gasteiger partial charge in [0.15, 0.2) is 5.79 Å². The smallest absolute Gasteiger partial charge is 0.168 e. The Morgan fingerprint density at radius 2 is 1.39 bits per heavy atom. The highest BCUT2D eigenvalue weighted by Crippen LogP contribution is 2.48. The van der Waals surface area contributed by atoms with E-state index in [4.69, 9.17) is 9.47 Å². The third kappa shape index (κ3) is 3.17. The van der Waals surface area contributed by atoms with Crippen molar-refractivity contribution in [3.8, 4) is 0 Å². The Kier molecular flexibility index (Phi) is 5.32. The van der Waals surface area contributed by atoms with Gasteiger partial charge < -0.3 is 9.47 Å². The summed E-state index contributed by atoms with van der Waals surface area (Å²) in [5.41, 5.74) is 1.69. The van der Waals surface area contributed by atoms with Crippen molar-refractivity contribution in [3.63, 3.8) is 0 Å². The molecule has 4 heteroatoms. The highest BCUT2D eigenvalue weighted by Gasteiger charge is 2.49. The molecule has 0 radical (unpaired) electrons. The fraction of sp³-hybridized carbons (Fsp3) is 0.684. The molecular weight excluding hydrogens is 310 g/mol. The van der Waals surface area contributed by atoms with Gasteiger partial charge in [-0.15, -0.1) is 12.4 Å². The molecule has 1 aromatic rings. The highest BCUT2D eigenvalue weighted by molar-refractivity contribution is 5.85. The maximum atomic E-state index is 5.96. The monoisotopic (exact) mass is 337 g/mol. The van der Waals surface area contributed by atoms with E-state index in [2.05, 4.69) is 35.2 Å². The first-order valence-corrected chi connectivity index (χ1v) is 8.92. The minimum atomic E-state index is -0.270. The Morgan fingerprint density at radius 3 is 2.00 bits per heavy atom. The average Bonchev–Trinajstić information content (AvgIpc) is 3.06. The molecule has 0 N–H and O–H groups in total. The highest BCUT2D eigenvalue weighted by atomic mass is 35.5. The number of nitrogens with zero attached hydrogens (tertiary/aromatic N) is 1. The minimum Gasteiger partial charge on any atom is -0.348 e. The molecule has 0 amide bonds. The second kappa shape index (κ2) is 7.10. The van der Waals surface area contributed by atoms with E-state index in [0.29, 0.717) is 0 Å². The van der Waals surface area contributed by atoms with Gasteiger partial charge in [0.1, 0.15) is 0 Å². The molecule has 1 saturated carbocycles. The fourth-order valence-electron chi connectivity index (χ4n) is 4.69. The van der Waals surface area contributed by atoms with Crippen LogP contribution in [0, 0.1) is 0 Å². The Morgan fingerprint density at radius 1 is 0.783 bits per heavy atom. The summed E-state index contributed by atoms with van der Waals surface area (Å²) in [7, 11) is 0. The van der Waals surface area contributed by atoms with Gasteiger partial charge in [-0.2, -0.15) is 0 Å². The lowest BCUT2D eigenvalue weighted by molar-refractivity contribution is -0.196. The number of hydrogen-bond donors (Lipinski definition) is 0. The molecule has 23 heavy (non-hydrogen) atoms. The van der Waals surface area contributed by atoms with Gasteiger partial charge in [0.2, 0.25) is 0 Å². The predicted octanol–water partition coefficient (Wildman–Crippen LogP) is 4.11. The van der Waals surface area contributed by atoms with E-state index in [9.17, 15) is 0 Å².